The number of nitrogens with two attached hydrogens (primary N) is 1. The molecule has 0 saturated heterocycles. The van der Waals surface area contributed by atoms with Gasteiger partial charge in [-0.05, 0) is 12.1 Å². The zero-order valence-electron chi connectivity index (χ0n) is 8.21. The predicted molar refractivity (Wildman–Crippen MR) is 75.7 cm³/mol. The lowest BCUT2D eigenvalue weighted by atomic mass is 10.3. The molecule has 0 aromatic heterocycles. The summed E-state index contributed by atoms with van der Waals surface area (Å²) in [5.74, 6) is -0.488. The Morgan fingerprint density at radius 1 is 1.29 bits per heavy atom. The summed E-state index contributed by atoms with van der Waals surface area (Å²) in [6, 6.07) is 2.74. The average Bonchev–Trinajstić information content (AvgIpc) is 2.09. The fourth-order valence-corrected chi connectivity index (χ4v) is 3.49. The first-order valence-corrected chi connectivity index (χ1v) is 7.34. The van der Waals surface area contributed by atoms with Crippen LogP contribution in [0.25, 0.3) is 0 Å². The van der Waals surface area contributed by atoms with Crippen molar-refractivity contribution < 1.29 is 8.42 Å². The van der Waals surface area contributed by atoms with Gasteiger partial charge in [-0.25, -0.2) is 8.42 Å². The first kappa shape index (κ1) is 14.8. The monoisotopic (exact) mass is 332 g/mol. The van der Waals surface area contributed by atoms with E-state index >= 15 is 0 Å². The highest BCUT2D eigenvalue weighted by molar-refractivity contribution is 7.95. The molecule has 0 heterocycles. The van der Waals surface area contributed by atoms with E-state index in [0.717, 1.165) is 0 Å². The van der Waals surface area contributed by atoms with E-state index in [0.29, 0.717) is 5.02 Å². The van der Waals surface area contributed by atoms with Gasteiger partial charge in [-0.15, -0.1) is 0 Å². The van der Waals surface area contributed by atoms with Crippen LogP contribution >= 0.6 is 47.0 Å². The van der Waals surface area contributed by atoms with Gasteiger partial charge in [0.15, 0.2) is 0 Å². The normalized spacial score (nSPS) is 11.2. The number of rotatable bonds is 4. The lowest BCUT2D eigenvalue weighted by Gasteiger charge is -2.11. The Bertz CT molecular complexity index is 537. The topological polar surface area (TPSA) is 72.2 Å². The number of hydrogen-bond donors (Lipinski definition) is 2. The van der Waals surface area contributed by atoms with Crippen LogP contribution in [0.1, 0.15) is 0 Å². The third-order valence-electron chi connectivity index (χ3n) is 1.60. The lowest BCUT2D eigenvalue weighted by Crippen LogP contribution is -2.26. The first-order valence-electron chi connectivity index (χ1n) is 4.14. The standard InChI is InChI=1S/C8H7Cl3N2O2S2/c9-4-1-5(10)8(6(11)2-4)13-17(14,15)3-7(12)16/h1-2,13H,3H2,(H2,12,16). The highest BCUT2D eigenvalue weighted by Crippen LogP contribution is 2.34. The number of thiocarbonyl (C=S) groups is 1. The van der Waals surface area contributed by atoms with E-state index in [-0.39, 0.29) is 20.7 Å². The highest BCUT2D eigenvalue weighted by Gasteiger charge is 2.16. The first-order chi connectivity index (χ1) is 7.71. The van der Waals surface area contributed by atoms with Crippen LogP contribution in [0.5, 0.6) is 0 Å². The number of halogens is 3. The fourth-order valence-electron chi connectivity index (χ4n) is 1.02. The van der Waals surface area contributed by atoms with Gasteiger partial charge in [0, 0.05) is 5.02 Å². The Kier molecular flexibility index (Phi) is 4.86. The molecule has 1 rings (SSSR count). The molecule has 4 nitrogen and oxygen atoms in total. The predicted octanol–water partition coefficient (Wildman–Crippen LogP) is 2.67. The van der Waals surface area contributed by atoms with Crippen molar-refractivity contribution >= 4 is 67.7 Å². The zero-order chi connectivity index (χ0) is 13.2. The van der Waals surface area contributed by atoms with E-state index in [4.69, 9.17) is 40.5 Å². The molecule has 0 radical (unpaired) electrons. The second-order valence-electron chi connectivity index (χ2n) is 3.07. The summed E-state index contributed by atoms with van der Waals surface area (Å²) in [5.41, 5.74) is 5.21. The molecule has 0 saturated carbocycles. The van der Waals surface area contributed by atoms with Gasteiger partial charge in [0.05, 0.1) is 20.7 Å². The van der Waals surface area contributed by atoms with Gasteiger partial charge in [-0.1, -0.05) is 47.0 Å². The molecule has 0 aliphatic carbocycles. The number of nitrogens with one attached hydrogen (secondary N) is 1. The minimum Gasteiger partial charge on any atom is -0.392 e. The lowest BCUT2D eigenvalue weighted by molar-refractivity contribution is 0.605. The molecule has 94 valence electrons. The summed E-state index contributed by atoms with van der Waals surface area (Å²) < 4.78 is 25.3. The number of hydrogen-bond acceptors (Lipinski definition) is 3. The number of benzene rings is 1. The third kappa shape index (κ3) is 4.48. The van der Waals surface area contributed by atoms with Crippen LogP contribution in [0.2, 0.25) is 15.1 Å². The van der Waals surface area contributed by atoms with Crippen molar-refractivity contribution in [3.05, 3.63) is 27.2 Å². The molecule has 0 aliphatic heterocycles. The van der Waals surface area contributed by atoms with Crippen molar-refractivity contribution in [2.75, 3.05) is 10.5 Å². The van der Waals surface area contributed by atoms with Crippen LogP contribution in [-0.4, -0.2) is 19.2 Å². The zero-order valence-corrected chi connectivity index (χ0v) is 12.1. The average molecular weight is 334 g/mol. The van der Waals surface area contributed by atoms with Gasteiger partial charge in [-0.3, -0.25) is 4.72 Å². The Labute approximate surface area is 119 Å². The molecule has 0 amide bonds. The molecule has 1 aromatic carbocycles. The molecule has 0 unspecified atom stereocenters. The van der Waals surface area contributed by atoms with E-state index in [1.165, 1.54) is 12.1 Å². The summed E-state index contributed by atoms with van der Waals surface area (Å²) in [5, 5.41) is 0.486. The second kappa shape index (κ2) is 5.58. The molecule has 9 heteroatoms. The molecule has 17 heavy (non-hydrogen) atoms. The summed E-state index contributed by atoms with van der Waals surface area (Å²) in [6.07, 6.45) is 0. The SMILES string of the molecule is NC(=S)CS(=O)(=O)Nc1c(Cl)cc(Cl)cc1Cl. The van der Waals surface area contributed by atoms with Crippen LogP contribution in [0.4, 0.5) is 5.69 Å². The Morgan fingerprint density at radius 2 is 1.76 bits per heavy atom. The van der Waals surface area contributed by atoms with Crippen LogP contribution in [0.3, 0.4) is 0 Å². The largest absolute Gasteiger partial charge is 0.392 e. The van der Waals surface area contributed by atoms with Gasteiger partial charge in [-0.2, -0.15) is 0 Å². The maximum Gasteiger partial charge on any atom is 0.239 e. The van der Waals surface area contributed by atoms with Crippen molar-refractivity contribution in [2.45, 2.75) is 0 Å². The molecule has 0 aliphatic rings. The minimum absolute atomic E-state index is 0.0500. The van der Waals surface area contributed by atoms with E-state index in [9.17, 15) is 8.42 Å². The quantitative estimate of drug-likeness (QED) is 0.831. The third-order valence-corrected chi connectivity index (χ3v) is 3.94. The Balaban J connectivity index is 3.08. The van der Waals surface area contributed by atoms with Crippen LogP contribution in [0.15, 0.2) is 12.1 Å². The molecule has 0 bridgehead atoms. The summed E-state index contributed by atoms with van der Waals surface area (Å²) in [7, 11) is -3.72. The maximum absolute atomic E-state index is 11.6. The van der Waals surface area contributed by atoms with Crippen molar-refractivity contribution in [2.24, 2.45) is 5.73 Å². The van der Waals surface area contributed by atoms with Crippen molar-refractivity contribution in [1.82, 2.24) is 0 Å². The van der Waals surface area contributed by atoms with Crippen molar-refractivity contribution in [3.63, 3.8) is 0 Å². The highest BCUT2D eigenvalue weighted by atomic mass is 35.5. The van der Waals surface area contributed by atoms with Gasteiger partial charge in [0.25, 0.3) is 0 Å². The van der Waals surface area contributed by atoms with Gasteiger partial charge in [0.2, 0.25) is 10.0 Å². The molecule has 1 aromatic rings. The van der Waals surface area contributed by atoms with Crippen molar-refractivity contribution in [3.8, 4) is 0 Å². The molecule has 3 N–H and O–H groups in total. The summed E-state index contributed by atoms with van der Waals surface area (Å²) >= 11 is 21.8. The van der Waals surface area contributed by atoms with E-state index < -0.39 is 15.8 Å². The summed E-state index contributed by atoms with van der Waals surface area (Å²) in [4.78, 5) is -0.154. The number of sulfonamides is 1. The number of anilines is 1. The Hall–Kier alpha value is -0.270. The van der Waals surface area contributed by atoms with Crippen LogP contribution < -0.4 is 10.5 Å². The van der Waals surface area contributed by atoms with E-state index in [2.05, 4.69) is 16.9 Å². The molecular weight excluding hydrogens is 327 g/mol. The van der Waals surface area contributed by atoms with Crippen molar-refractivity contribution in [1.29, 1.82) is 0 Å². The van der Waals surface area contributed by atoms with E-state index in [1.807, 2.05) is 0 Å². The van der Waals surface area contributed by atoms with Gasteiger partial charge < -0.3 is 5.73 Å². The minimum atomic E-state index is -3.72. The van der Waals surface area contributed by atoms with E-state index in [1.54, 1.807) is 0 Å². The molecule has 0 atom stereocenters. The maximum atomic E-state index is 11.6. The summed E-state index contributed by atoms with van der Waals surface area (Å²) in [6.45, 7) is 0. The smallest absolute Gasteiger partial charge is 0.239 e. The van der Waals surface area contributed by atoms with Crippen LogP contribution in [-0.2, 0) is 10.0 Å². The van der Waals surface area contributed by atoms with Gasteiger partial charge >= 0.3 is 0 Å². The second-order valence-corrected chi connectivity index (χ2v) is 6.57. The van der Waals surface area contributed by atoms with Crippen LogP contribution in [0, 0.1) is 0 Å². The molecular formula is C8H7Cl3N2O2S2. The Morgan fingerprint density at radius 3 is 2.18 bits per heavy atom. The molecule has 0 spiro atoms. The molecule has 0 fully saturated rings. The fraction of sp³-hybridized carbons (Fsp3) is 0.125. The van der Waals surface area contributed by atoms with Gasteiger partial charge in [0.1, 0.15) is 5.75 Å².